The van der Waals surface area contributed by atoms with Crippen LogP contribution in [0.1, 0.15) is 18.4 Å². The van der Waals surface area contributed by atoms with Gasteiger partial charge in [-0.2, -0.15) is 16.4 Å². The van der Waals surface area contributed by atoms with Crippen LogP contribution in [0.25, 0.3) is 55.8 Å². The predicted molar refractivity (Wildman–Crippen MR) is 140 cm³/mol. The third kappa shape index (κ3) is 3.71. The molecule has 172 valence electrons. The molecule has 0 saturated carbocycles. The summed E-state index contributed by atoms with van der Waals surface area (Å²) >= 11 is 1.66. The second kappa shape index (κ2) is 8.41. The average Bonchev–Trinajstić information content (AvgIpc) is 3.70. The Morgan fingerprint density at radius 1 is 0.914 bits per heavy atom. The molecule has 6 aromatic rings. The summed E-state index contributed by atoms with van der Waals surface area (Å²) in [6.45, 7) is 3.31. The maximum absolute atomic E-state index is 4.92. The van der Waals surface area contributed by atoms with Crippen LogP contribution in [-0.4, -0.2) is 48.1 Å². The number of thiophene rings is 1. The molecule has 0 bridgehead atoms. The van der Waals surface area contributed by atoms with E-state index >= 15 is 0 Å². The Kier molecular flexibility index (Phi) is 4.92. The number of imidazole rings is 1. The normalized spacial score (nSPS) is 14.4. The van der Waals surface area contributed by atoms with E-state index in [2.05, 4.69) is 71.1 Å². The van der Waals surface area contributed by atoms with E-state index in [1.807, 2.05) is 24.7 Å². The molecule has 6 heterocycles. The number of aromatic nitrogens is 6. The molecule has 35 heavy (non-hydrogen) atoms. The van der Waals surface area contributed by atoms with Gasteiger partial charge in [0.15, 0.2) is 5.82 Å². The quantitative estimate of drug-likeness (QED) is 0.323. The highest BCUT2D eigenvalue weighted by Gasteiger charge is 2.17. The van der Waals surface area contributed by atoms with Crippen LogP contribution in [0.5, 0.6) is 0 Å². The number of benzene rings is 1. The Hall–Kier alpha value is -3.88. The number of aromatic amines is 2. The number of pyridine rings is 2. The standard InChI is InChI=1S/C27H23N7S/c1-2-9-34(8-1)15-17-11-20(14-28-13-17)18-3-4-22-21(12-18)25(33-32-22)27-30-23-5-7-29-24(26(23)31-27)19-6-10-35-16-19/h3-7,10-14,16H,1-2,8-9,15H2,(H,30,31)(H,32,33). The van der Waals surface area contributed by atoms with Crippen LogP contribution >= 0.6 is 11.3 Å². The number of hydrogen-bond acceptors (Lipinski definition) is 6. The van der Waals surface area contributed by atoms with E-state index in [-0.39, 0.29) is 0 Å². The summed E-state index contributed by atoms with van der Waals surface area (Å²) in [7, 11) is 0. The second-order valence-electron chi connectivity index (χ2n) is 9.05. The van der Waals surface area contributed by atoms with Gasteiger partial charge in [0, 0.05) is 47.0 Å². The molecule has 7 nitrogen and oxygen atoms in total. The number of nitrogens with zero attached hydrogens (tertiary/aromatic N) is 5. The Bertz CT molecular complexity index is 1640. The van der Waals surface area contributed by atoms with E-state index in [1.165, 1.54) is 31.5 Å². The molecule has 0 amide bonds. The van der Waals surface area contributed by atoms with E-state index in [9.17, 15) is 0 Å². The van der Waals surface area contributed by atoms with Crippen molar-refractivity contribution in [2.75, 3.05) is 13.1 Å². The average molecular weight is 478 g/mol. The van der Waals surface area contributed by atoms with Gasteiger partial charge in [0.05, 0.1) is 16.7 Å². The molecule has 0 unspecified atom stereocenters. The highest BCUT2D eigenvalue weighted by Crippen LogP contribution is 2.33. The van der Waals surface area contributed by atoms with Crippen molar-refractivity contribution in [3.05, 3.63) is 71.3 Å². The first-order valence-electron chi connectivity index (χ1n) is 11.8. The number of hydrogen-bond donors (Lipinski definition) is 2. The van der Waals surface area contributed by atoms with Gasteiger partial charge in [-0.15, -0.1) is 0 Å². The zero-order valence-corrected chi connectivity index (χ0v) is 19.8. The monoisotopic (exact) mass is 477 g/mol. The molecule has 0 aliphatic carbocycles. The lowest BCUT2D eigenvalue weighted by molar-refractivity contribution is 0.331. The molecule has 0 spiro atoms. The Morgan fingerprint density at radius 3 is 2.74 bits per heavy atom. The van der Waals surface area contributed by atoms with Crippen LogP contribution in [0, 0.1) is 0 Å². The second-order valence-corrected chi connectivity index (χ2v) is 9.83. The van der Waals surface area contributed by atoms with Gasteiger partial charge < -0.3 is 4.98 Å². The van der Waals surface area contributed by atoms with E-state index in [1.54, 1.807) is 11.3 Å². The minimum absolute atomic E-state index is 0.730. The van der Waals surface area contributed by atoms with E-state index in [4.69, 9.17) is 4.98 Å². The Morgan fingerprint density at radius 2 is 1.86 bits per heavy atom. The summed E-state index contributed by atoms with van der Waals surface area (Å²) < 4.78 is 0. The number of rotatable bonds is 5. The Balaban J connectivity index is 1.28. The van der Waals surface area contributed by atoms with Crippen LogP contribution in [-0.2, 0) is 6.54 Å². The zero-order valence-electron chi connectivity index (χ0n) is 19.0. The van der Waals surface area contributed by atoms with Gasteiger partial charge in [0.2, 0.25) is 0 Å². The molecule has 1 aromatic carbocycles. The van der Waals surface area contributed by atoms with Gasteiger partial charge in [-0.25, -0.2) is 4.98 Å². The molecular formula is C27H23N7S. The number of nitrogens with one attached hydrogen (secondary N) is 2. The molecule has 1 saturated heterocycles. The van der Waals surface area contributed by atoms with Gasteiger partial charge in [0.1, 0.15) is 11.2 Å². The van der Waals surface area contributed by atoms with Crippen molar-refractivity contribution < 1.29 is 0 Å². The molecular weight excluding hydrogens is 454 g/mol. The predicted octanol–water partition coefficient (Wildman–Crippen LogP) is 5.89. The smallest absolute Gasteiger partial charge is 0.159 e. The molecule has 0 radical (unpaired) electrons. The first kappa shape index (κ1) is 20.5. The van der Waals surface area contributed by atoms with Crippen LogP contribution in [0.3, 0.4) is 0 Å². The van der Waals surface area contributed by atoms with E-state index in [0.717, 1.165) is 62.4 Å². The molecule has 2 N–H and O–H groups in total. The number of likely N-dealkylation sites (tertiary alicyclic amines) is 1. The van der Waals surface area contributed by atoms with Crippen molar-refractivity contribution in [2.45, 2.75) is 19.4 Å². The van der Waals surface area contributed by atoms with Gasteiger partial charge >= 0.3 is 0 Å². The zero-order chi connectivity index (χ0) is 23.2. The fraction of sp³-hybridized carbons (Fsp3) is 0.185. The first-order chi connectivity index (χ1) is 17.3. The molecule has 1 fully saturated rings. The van der Waals surface area contributed by atoms with E-state index in [0.29, 0.717) is 0 Å². The molecule has 7 rings (SSSR count). The maximum Gasteiger partial charge on any atom is 0.159 e. The lowest BCUT2D eigenvalue weighted by Gasteiger charge is -2.14. The SMILES string of the molecule is c1cc2[nH]c(-c3n[nH]c4ccc(-c5cncc(CN6CCCC6)c5)cc34)nc2c(-c2ccsc2)n1. The molecule has 1 aliphatic rings. The first-order valence-corrected chi connectivity index (χ1v) is 12.8. The van der Waals surface area contributed by atoms with Crippen molar-refractivity contribution in [3.63, 3.8) is 0 Å². The lowest BCUT2D eigenvalue weighted by atomic mass is 10.0. The maximum atomic E-state index is 4.92. The highest BCUT2D eigenvalue weighted by atomic mass is 32.1. The van der Waals surface area contributed by atoms with Crippen molar-refractivity contribution in [2.24, 2.45) is 0 Å². The summed E-state index contributed by atoms with van der Waals surface area (Å²) in [4.78, 5) is 20.0. The third-order valence-electron chi connectivity index (χ3n) is 6.72. The van der Waals surface area contributed by atoms with Crippen LogP contribution in [0.4, 0.5) is 0 Å². The summed E-state index contributed by atoms with van der Waals surface area (Å²) in [5.41, 5.74) is 9.02. The number of H-pyrrole nitrogens is 2. The lowest BCUT2D eigenvalue weighted by Crippen LogP contribution is -2.18. The van der Waals surface area contributed by atoms with Crippen molar-refractivity contribution in [1.29, 1.82) is 0 Å². The summed E-state index contributed by atoms with van der Waals surface area (Å²) in [6, 6.07) is 12.7. The summed E-state index contributed by atoms with van der Waals surface area (Å²) in [5.74, 6) is 0.730. The van der Waals surface area contributed by atoms with Gasteiger partial charge in [0.25, 0.3) is 0 Å². The largest absolute Gasteiger partial charge is 0.336 e. The van der Waals surface area contributed by atoms with Gasteiger partial charge in [-0.1, -0.05) is 6.07 Å². The molecule has 8 heteroatoms. The fourth-order valence-electron chi connectivity index (χ4n) is 4.96. The third-order valence-corrected chi connectivity index (χ3v) is 7.40. The molecule has 1 aliphatic heterocycles. The summed E-state index contributed by atoms with van der Waals surface area (Å²) in [6.07, 6.45) is 8.32. The van der Waals surface area contributed by atoms with Crippen LogP contribution < -0.4 is 0 Å². The molecule has 0 atom stereocenters. The van der Waals surface area contributed by atoms with Gasteiger partial charge in [-0.05, 0) is 72.8 Å². The van der Waals surface area contributed by atoms with Gasteiger partial charge in [-0.3, -0.25) is 20.0 Å². The van der Waals surface area contributed by atoms with Crippen LogP contribution in [0.2, 0.25) is 0 Å². The molecule has 5 aromatic heterocycles. The van der Waals surface area contributed by atoms with Crippen molar-refractivity contribution in [3.8, 4) is 33.9 Å². The minimum atomic E-state index is 0.730. The summed E-state index contributed by atoms with van der Waals surface area (Å²) in [5, 5.41) is 13.0. The fourth-order valence-corrected chi connectivity index (χ4v) is 5.60. The van der Waals surface area contributed by atoms with Crippen LogP contribution in [0.15, 0.2) is 65.7 Å². The Labute approximate surface area is 205 Å². The highest BCUT2D eigenvalue weighted by molar-refractivity contribution is 7.08. The number of fused-ring (bicyclic) bond motifs is 2. The van der Waals surface area contributed by atoms with E-state index < -0.39 is 0 Å². The topological polar surface area (TPSA) is 86.4 Å². The minimum Gasteiger partial charge on any atom is -0.336 e. The van der Waals surface area contributed by atoms with Crippen molar-refractivity contribution >= 4 is 33.3 Å². The van der Waals surface area contributed by atoms with Crippen molar-refractivity contribution in [1.82, 2.24) is 35.0 Å².